The number of benzene rings is 1. The Kier molecular flexibility index (Phi) is 3.18. The number of fused-ring (bicyclic) bond motifs is 1. The van der Waals surface area contributed by atoms with Gasteiger partial charge in [0.1, 0.15) is 5.82 Å². The first kappa shape index (κ1) is 11.9. The lowest BCUT2D eigenvalue weighted by atomic mass is 10.1. The van der Waals surface area contributed by atoms with Gasteiger partial charge in [0.2, 0.25) is 0 Å². The summed E-state index contributed by atoms with van der Waals surface area (Å²) in [5, 5.41) is 4.27. The first-order valence-corrected chi connectivity index (χ1v) is 7.01. The van der Waals surface area contributed by atoms with E-state index in [0.717, 1.165) is 28.4 Å². The second kappa shape index (κ2) is 4.82. The van der Waals surface area contributed by atoms with Crippen molar-refractivity contribution in [1.82, 2.24) is 9.88 Å². The Labute approximate surface area is 110 Å². The number of anilines is 1. The molecule has 0 bridgehead atoms. The fraction of sp³-hybridized carbons (Fsp3) is 0.462. The van der Waals surface area contributed by atoms with Crippen LogP contribution in [0.2, 0.25) is 0 Å². The molecule has 1 aromatic carbocycles. The monoisotopic (exact) mass is 265 g/mol. The number of likely N-dealkylation sites (tertiary alicyclic amines) is 1. The zero-order valence-corrected chi connectivity index (χ0v) is 11.1. The highest BCUT2D eigenvalue weighted by atomic mass is 32.1. The van der Waals surface area contributed by atoms with Crippen LogP contribution in [0.15, 0.2) is 18.2 Å². The molecule has 1 aliphatic rings. The van der Waals surface area contributed by atoms with Crippen LogP contribution in [-0.2, 0) is 0 Å². The molecule has 0 spiro atoms. The van der Waals surface area contributed by atoms with E-state index in [1.807, 2.05) is 0 Å². The average Bonchev–Trinajstić information content (AvgIpc) is 2.92. The van der Waals surface area contributed by atoms with Gasteiger partial charge in [-0.05, 0) is 44.1 Å². The normalized spacial score (nSPS) is 20.7. The Morgan fingerprint density at radius 2 is 2.44 bits per heavy atom. The number of nitrogens with one attached hydrogen (secondary N) is 1. The molecule has 0 radical (unpaired) electrons. The maximum atomic E-state index is 13.1. The quantitative estimate of drug-likeness (QED) is 0.925. The molecule has 1 fully saturated rings. The molecule has 5 heteroatoms. The molecular weight excluding hydrogens is 249 g/mol. The standard InChI is InChI=1S/C13H16FN3S/c1-17-5-4-9(8-17)7-15-13-16-11-3-2-10(14)6-12(11)18-13/h2-3,6,9H,4-5,7-8H2,1H3,(H,15,16). The molecule has 1 aliphatic heterocycles. The lowest BCUT2D eigenvalue weighted by Crippen LogP contribution is -2.18. The van der Waals surface area contributed by atoms with Gasteiger partial charge in [0.25, 0.3) is 0 Å². The van der Waals surface area contributed by atoms with E-state index in [0.29, 0.717) is 5.92 Å². The predicted molar refractivity (Wildman–Crippen MR) is 73.7 cm³/mol. The van der Waals surface area contributed by atoms with Crippen LogP contribution in [0.4, 0.5) is 9.52 Å². The van der Waals surface area contributed by atoms with Crippen molar-refractivity contribution in [3.05, 3.63) is 24.0 Å². The summed E-state index contributed by atoms with van der Waals surface area (Å²) < 4.78 is 14.0. The molecular formula is C13H16FN3S. The minimum absolute atomic E-state index is 0.199. The van der Waals surface area contributed by atoms with Crippen molar-refractivity contribution in [2.75, 3.05) is 32.0 Å². The van der Waals surface area contributed by atoms with Gasteiger partial charge in [0.15, 0.2) is 5.13 Å². The second-order valence-corrected chi connectivity index (χ2v) is 5.96. The van der Waals surface area contributed by atoms with Crippen LogP contribution in [0.3, 0.4) is 0 Å². The zero-order valence-electron chi connectivity index (χ0n) is 10.3. The maximum absolute atomic E-state index is 13.1. The minimum atomic E-state index is -0.199. The lowest BCUT2D eigenvalue weighted by molar-refractivity contribution is 0.399. The molecule has 0 aliphatic carbocycles. The van der Waals surface area contributed by atoms with Gasteiger partial charge in [-0.1, -0.05) is 11.3 Å². The number of thiazole rings is 1. The molecule has 1 aromatic heterocycles. The third kappa shape index (κ3) is 2.47. The van der Waals surface area contributed by atoms with Crippen molar-refractivity contribution in [1.29, 1.82) is 0 Å². The fourth-order valence-electron chi connectivity index (χ4n) is 2.40. The topological polar surface area (TPSA) is 28.2 Å². The third-order valence-corrected chi connectivity index (χ3v) is 4.36. The number of nitrogens with zero attached hydrogens (tertiary/aromatic N) is 2. The molecule has 2 heterocycles. The van der Waals surface area contributed by atoms with Crippen LogP contribution in [-0.4, -0.2) is 36.6 Å². The highest BCUT2D eigenvalue weighted by molar-refractivity contribution is 7.22. The van der Waals surface area contributed by atoms with Crippen molar-refractivity contribution in [2.45, 2.75) is 6.42 Å². The molecule has 3 rings (SSSR count). The first-order chi connectivity index (χ1) is 8.70. The van der Waals surface area contributed by atoms with E-state index in [9.17, 15) is 4.39 Å². The van der Waals surface area contributed by atoms with Crippen molar-refractivity contribution < 1.29 is 4.39 Å². The van der Waals surface area contributed by atoms with Crippen LogP contribution in [0.1, 0.15) is 6.42 Å². The van der Waals surface area contributed by atoms with Gasteiger partial charge in [-0.25, -0.2) is 9.37 Å². The zero-order chi connectivity index (χ0) is 12.5. The summed E-state index contributed by atoms with van der Waals surface area (Å²) in [6, 6.07) is 4.73. The molecule has 3 nitrogen and oxygen atoms in total. The SMILES string of the molecule is CN1CCC(CNc2nc3ccc(F)cc3s2)C1. The van der Waals surface area contributed by atoms with Crippen LogP contribution >= 0.6 is 11.3 Å². The van der Waals surface area contributed by atoms with Crippen LogP contribution in [0.5, 0.6) is 0 Å². The van der Waals surface area contributed by atoms with E-state index >= 15 is 0 Å². The van der Waals surface area contributed by atoms with Gasteiger partial charge in [0.05, 0.1) is 10.2 Å². The second-order valence-electron chi connectivity index (χ2n) is 4.93. The Bertz CT molecular complexity index is 554. The average molecular weight is 265 g/mol. The van der Waals surface area contributed by atoms with Crippen LogP contribution in [0.25, 0.3) is 10.2 Å². The van der Waals surface area contributed by atoms with Crippen molar-refractivity contribution >= 4 is 26.7 Å². The number of rotatable bonds is 3. The van der Waals surface area contributed by atoms with Crippen molar-refractivity contribution in [2.24, 2.45) is 5.92 Å². The number of aromatic nitrogens is 1. The molecule has 2 aromatic rings. The maximum Gasteiger partial charge on any atom is 0.183 e. The molecule has 1 atom stereocenters. The summed E-state index contributed by atoms with van der Waals surface area (Å²) in [5.41, 5.74) is 0.868. The number of hydrogen-bond acceptors (Lipinski definition) is 4. The van der Waals surface area contributed by atoms with E-state index in [1.165, 1.54) is 30.4 Å². The lowest BCUT2D eigenvalue weighted by Gasteiger charge is -2.10. The van der Waals surface area contributed by atoms with E-state index in [1.54, 1.807) is 12.1 Å². The van der Waals surface area contributed by atoms with E-state index < -0.39 is 0 Å². The molecule has 1 saturated heterocycles. The fourth-order valence-corrected chi connectivity index (χ4v) is 3.30. The summed E-state index contributed by atoms with van der Waals surface area (Å²) >= 11 is 1.52. The van der Waals surface area contributed by atoms with E-state index in [2.05, 4.69) is 22.2 Å². The smallest absolute Gasteiger partial charge is 0.183 e. The van der Waals surface area contributed by atoms with Gasteiger partial charge in [0, 0.05) is 13.1 Å². The highest BCUT2D eigenvalue weighted by Crippen LogP contribution is 2.27. The molecule has 1 unspecified atom stereocenters. The number of hydrogen-bond donors (Lipinski definition) is 1. The molecule has 0 amide bonds. The largest absolute Gasteiger partial charge is 0.361 e. The van der Waals surface area contributed by atoms with E-state index in [-0.39, 0.29) is 5.82 Å². The van der Waals surface area contributed by atoms with Gasteiger partial charge in [-0.2, -0.15) is 0 Å². The third-order valence-electron chi connectivity index (χ3n) is 3.38. The summed E-state index contributed by atoms with van der Waals surface area (Å²) in [6.45, 7) is 3.27. The summed E-state index contributed by atoms with van der Waals surface area (Å²) in [7, 11) is 2.15. The molecule has 1 N–H and O–H groups in total. The molecule has 18 heavy (non-hydrogen) atoms. The molecule has 0 saturated carbocycles. The Morgan fingerprint density at radius 1 is 1.56 bits per heavy atom. The van der Waals surface area contributed by atoms with Crippen LogP contribution in [0, 0.1) is 11.7 Å². The van der Waals surface area contributed by atoms with Crippen molar-refractivity contribution in [3.63, 3.8) is 0 Å². The summed E-state index contributed by atoms with van der Waals surface area (Å²) in [5.74, 6) is 0.494. The van der Waals surface area contributed by atoms with Crippen LogP contribution < -0.4 is 5.32 Å². The van der Waals surface area contributed by atoms with Crippen molar-refractivity contribution in [3.8, 4) is 0 Å². The van der Waals surface area contributed by atoms with E-state index in [4.69, 9.17) is 0 Å². The molecule has 96 valence electrons. The predicted octanol–water partition coefficient (Wildman–Crippen LogP) is 2.80. The Hall–Kier alpha value is -1.20. The minimum Gasteiger partial charge on any atom is -0.361 e. The summed E-state index contributed by atoms with van der Waals surface area (Å²) in [4.78, 5) is 6.81. The summed E-state index contributed by atoms with van der Waals surface area (Å²) in [6.07, 6.45) is 1.24. The first-order valence-electron chi connectivity index (χ1n) is 6.19. The highest BCUT2D eigenvalue weighted by Gasteiger charge is 2.19. The van der Waals surface area contributed by atoms with Gasteiger partial charge >= 0.3 is 0 Å². The van der Waals surface area contributed by atoms with Gasteiger partial charge in [-0.3, -0.25) is 0 Å². The van der Waals surface area contributed by atoms with Gasteiger partial charge in [-0.15, -0.1) is 0 Å². The number of halogens is 1. The Morgan fingerprint density at radius 3 is 3.22 bits per heavy atom. The Balaban J connectivity index is 1.67. The van der Waals surface area contributed by atoms with Gasteiger partial charge < -0.3 is 10.2 Å².